The summed E-state index contributed by atoms with van der Waals surface area (Å²) in [6.07, 6.45) is 4.38. The summed E-state index contributed by atoms with van der Waals surface area (Å²) in [6, 6.07) is 6.51. The smallest absolute Gasteiger partial charge is 0.248 e. The molecule has 0 radical (unpaired) electrons. The second-order valence-electron chi connectivity index (χ2n) is 10.4. The van der Waals surface area contributed by atoms with Gasteiger partial charge in [-0.05, 0) is 57.2 Å². The number of hydrogen-bond donors (Lipinski definition) is 0. The number of carbonyl (C=O) groups excluding carboxylic acids is 1. The van der Waals surface area contributed by atoms with E-state index in [0.29, 0.717) is 54.9 Å². The summed E-state index contributed by atoms with van der Waals surface area (Å²) in [7, 11) is 0. The van der Waals surface area contributed by atoms with Crippen molar-refractivity contribution in [1.29, 1.82) is 0 Å². The maximum absolute atomic E-state index is 14.1. The summed E-state index contributed by atoms with van der Waals surface area (Å²) in [4.78, 5) is 23.7. The number of piperidine rings is 1. The molecule has 7 nitrogen and oxygen atoms in total. The zero-order valence-corrected chi connectivity index (χ0v) is 21.3. The molecule has 0 spiro atoms. The lowest BCUT2D eigenvalue weighted by Crippen LogP contribution is -2.40. The van der Waals surface area contributed by atoms with Gasteiger partial charge in [0.15, 0.2) is 0 Å². The van der Waals surface area contributed by atoms with E-state index in [0.717, 1.165) is 28.5 Å². The number of halogens is 3. The number of pyridine rings is 1. The second kappa shape index (κ2) is 9.25. The Labute approximate surface area is 217 Å². The van der Waals surface area contributed by atoms with E-state index in [9.17, 15) is 18.0 Å². The van der Waals surface area contributed by atoms with Gasteiger partial charge in [0, 0.05) is 36.9 Å². The SMILES string of the molecule is Cc1noc(C)c1-c1ccc2c(c1)nc(C1CCCC(=O)N1c1cncc(F)c1)n2C1CCC(F)(F)CC1. The van der Waals surface area contributed by atoms with E-state index in [1.54, 1.807) is 4.90 Å². The quantitative estimate of drug-likeness (QED) is 0.292. The lowest BCUT2D eigenvalue weighted by atomic mass is 9.91. The highest BCUT2D eigenvalue weighted by atomic mass is 19.3. The van der Waals surface area contributed by atoms with Crippen LogP contribution in [-0.2, 0) is 4.79 Å². The van der Waals surface area contributed by atoms with E-state index >= 15 is 0 Å². The molecule has 1 atom stereocenters. The molecule has 4 heterocycles. The van der Waals surface area contributed by atoms with Crippen molar-refractivity contribution in [1.82, 2.24) is 19.7 Å². The fourth-order valence-corrected chi connectivity index (χ4v) is 6.04. The van der Waals surface area contributed by atoms with Crippen LogP contribution in [0.5, 0.6) is 0 Å². The zero-order chi connectivity index (χ0) is 26.6. The van der Waals surface area contributed by atoms with Crippen LogP contribution in [0.15, 0.2) is 41.2 Å². The average Bonchev–Trinajstić information content (AvgIpc) is 3.42. The summed E-state index contributed by atoms with van der Waals surface area (Å²) >= 11 is 0. The van der Waals surface area contributed by atoms with E-state index in [2.05, 4.69) is 10.1 Å². The molecule has 10 heteroatoms. The van der Waals surface area contributed by atoms with Gasteiger partial charge in [0.05, 0.1) is 40.9 Å². The lowest BCUT2D eigenvalue weighted by molar-refractivity contribution is -0.120. The average molecular weight is 524 g/mol. The maximum atomic E-state index is 14.1. The number of amides is 1. The number of aromatic nitrogens is 4. The van der Waals surface area contributed by atoms with Crippen LogP contribution in [0, 0.1) is 19.7 Å². The van der Waals surface area contributed by atoms with Gasteiger partial charge in [-0.1, -0.05) is 11.2 Å². The second-order valence-corrected chi connectivity index (χ2v) is 10.4. The van der Waals surface area contributed by atoms with E-state index < -0.39 is 17.8 Å². The number of benzene rings is 1. The Bertz CT molecular complexity index is 1500. The van der Waals surface area contributed by atoms with Gasteiger partial charge in [-0.2, -0.15) is 0 Å². The van der Waals surface area contributed by atoms with Gasteiger partial charge < -0.3 is 14.0 Å². The molecule has 1 unspecified atom stereocenters. The zero-order valence-electron chi connectivity index (χ0n) is 21.3. The van der Waals surface area contributed by atoms with Crippen molar-refractivity contribution in [2.45, 2.75) is 76.8 Å². The van der Waals surface area contributed by atoms with Crippen LogP contribution in [0.2, 0.25) is 0 Å². The molecule has 2 fully saturated rings. The molecule has 3 aromatic heterocycles. The topological polar surface area (TPSA) is 77.1 Å². The van der Waals surface area contributed by atoms with Crippen molar-refractivity contribution in [3.8, 4) is 11.1 Å². The van der Waals surface area contributed by atoms with E-state index in [1.807, 2.05) is 36.6 Å². The van der Waals surface area contributed by atoms with Crippen LogP contribution in [0.3, 0.4) is 0 Å². The van der Waals surface area contributed by atoms with Crippen molar-refractivity contribution in [3.05, 3.63) is 59.8 Å². The third kappa shape index (κ3) is 4.25. The van der Waals surface area contributed by atoms with Gasteiger partial charge in [-0.15, -0.1) is 0 Å². The number of anilines is 1. The standard InChI is InChI=1S/C28H28F3N5O2/c1-16-26(17(2)38-34-16)18-6-7-23-22(12-18)33-27(36(23)20-8-10-28(30,31)11-9-20)24-4-3-5-25(37)35(24)21-13-19(29)14-32-15-21/h6-7,12-15,20,24H,3-5,8-11H2,1-2H3. The summed E-state index contributed by atoms with van der Waals surface area (Å²) < 4.78 is 49.8. The first-order chi connectivity index (χ1) is 18.2. The molecule has 2 aliphatic rings. The first-order valence-electron chi connectivity index (χ1n) is 13.0. The predicted octanol–water partition coefficient (Wildman–Crippen LogP) is 6.85. The van der Waals surface area contributed by atoms with Crippen LogP contribution in [0.25, 0.3) is 22.2 Å². The Morgan fingerprint density at radius 1 is 1.08 bits per heavy atom. The fraction of sp³-hybridized carbons (Fsp3) is 0.429. The minimum Gasteiger partial charge on any atom is -0.361 e. The lowest BCUT2D eigenvalue weighted by Gasteiger charge is -2.37. The Morgan fingerprint density at radius 2 is 1.87 bits per heavy atom. The normalized spacial score (nSPS) is 20.4. The largest absolute Gasteiger partial charge is 0.361 e. The van der Waals surface area contributed by atoms with Gasteiger partial charge in [0.1, 0.15) is 17.4 Å². The molecule has 38 heavy (non-hydrogen) atoms. The predicted molar refractivity (Wildman–Crippen MR) is 135 cm³/mol. The molecule has 6 rings (SSSR count). The molecule has 198 valence electrons. The molecule has 1 amide bonds. The van der Waals surface area contributed by atoms with Crippen molar-refractivity contribution >= 4 is 22.6 Å². The molecular weight excluding hydrogens is 495 g/mol. The van der Waals surface area contributed by atoms with Crippen molar-refractivity contribution < 1.29 is 22.5 Å². The number of nitrogens with zero attached hydrogens (tertiary/aromatic N) is 5. The Morgan fingerprint density at radius 3 is 2.58 bits per heavy atom. The summed E-state index contributed by atoms with van der Waals surface area (Å²) in [5.74, 6) is -2.03. The highest BCUT2D eigenvalue weighted by molar-refractivity contribution is 5.95. The number of imidazole rings is 1. The number of carbonyl (C=O) groups is 1. The van der Waals surface area contributed by atoms with Crippen LogP contribution >= 0.6 is 0 Å². The van der Waals surface area contributed by atoms with Crippen LogP contribution < -0.4 is 4.90 Å². The Hall–Kier alpha value is -3.69. The maximum Gasteiger partial charge on any atom is 0.248 e. The van der Waals surface area contributed by atoms with Crippen molar-refractivity contribution in [3.63, 3.8) is 0 Å². The Kier molecular flexibility index (Phi) is 6.00. The summed E-state index contributed by atoms with van der Waals surface area (Å²) in [5, 5.41) is 4.06. The monoisotopic (exact) mass is 523 g/mol. The molecule has 1 aliphatic carbocycles. The van der Waals surface area contributed by atoms with Crippen LogP contribution in [0.4, 0.5) is 18.9 Å². The van der Waals surface area contributed by atoms with E-state index in [4.69, 9.17) is 9.51 Å². The molecular formula is C28H28F3N5O2. The first kappa shape index (κ1) is 24.6. The number of hydrogen-bond acceptors (Lipinski definition) is 5. The first-order valence-corrected chi connectivity index (χ1v) is 13.0. The number of fused-ring (bicyclic) bond motifs is 1. The van der Waals surface area contributed by atoms with Crippen molar-refractivity contribution in [2.75, 3.05) is 4.90 Å². The van der Waals surface area contributed by atoms with E-state index in [1.165, 1.54) is 12.3 Å². The number of rotatable bonds is 4. The molecule has 0 bridgehead atoms. The molecule has 1 saturated heterocycles. The van der Waals surface area contributed by atoms with Gasteiger partial charge in [0.25, 0.3) is 0 Å². The van der Waals surface area contributed by atoms with Gasteiger partial charge in [-0.3, -0.25) is 9.78 Å². The number of alkyl halides is 2. The fourth-order valence-electron chi connectivity index (χ4n) is 6.04. The minimum atomic E-state index is -2.68. The van der Waals surface area contributed by atoms with Crippen LogP contribution in [-0.4, -0.2) is 31.5 Å². The van der Waals surface area contributed by atoms with E-state index in [-0.39, 0.29) is 24.8 Å². The van der Waals surface area contributed by atoms with Crippen LogP contribution in [0.1, 0.15) is 74.3 Å². The molecule has 4 aromatic rings. The minimum absolute atomic E-state index is 0.140. The third-order valence-electron chi connectivity index (χ3n) is 7.81. The molecule has 1 saturated carbocycles. The summed E-state index contributed by atoms with van der Waals surface area (Å²) in [5.41, 5.74) is 4.43. The molecule has 0 N–H and O–H groups in total. The third-order valence-corrected chi connectivity index (χ3v) is 7.81. The molecule has 1 aromatic carbocycles. The molecule has 1 aliphatic heterocycles. The van der Waals surface area contributed by atoms with Gasteiger partial charge >= 0.3 is 0 Å². The Balaban J connectivity index is 1.51. The number of aryl methyl sites for hydroxylation is 2. The summed E-state index contributed by atoms with van der Waals surface area (Å²) in [6.45, 7) is 3.73. The highest BCUT2D eigenvalue weighted by Crippen LogP contribution is 2.44. The van der Waals surface area contributed by atoms with Crippen molar-refractivity contribution in [2.24, 2.45) is 0 Å². The highest BCUT2D eigenvalue weighted by Gasteiger charge is 2.40. The van der Waals surface area contributed by atoms with Gasteiger partial charge in [0.2, 0.25) is 11.8 Å². The van der Waals surface area contributed by atoms with Gasteiger partial charge in [-0.25, -0.2) is 18.2 Å².